The van der Waals surface area contributed by atoms with E-state index in [1.165, 1.54) is 12.1 Å². The van der Waals surface area contributed by atoms with Gasteiger partial charge >= 0.3 is 12.6 Å². The van der Waals surface area contributed by atoms with Crippen molar-refractivity contribution in [2.75, 3.05) is 0 Å². The van der Waals surface area contributed by atoms with E-state index in [0.29, 0.717) is 18.4 Å². The fraction of sp³-hybridized carbons (Fsp3) is 0.500. The lowest BCUT2D eigenvalue weighted by atomic mass is 9.88. The Morgan fingerprint density at radius 2 is 1.86 bits per heavy atom. The summed E-state index contributed by atoms with van der Waals surface area (Å²) in [4.78, 5) is 12.2. The number of rotatable bonds is 5. The van der Waals surface area contributed by atoms with Crippen LogP contribution in [0.25, 0.3) is 0 Å². The van der Waals surface area contributed by atoms with Crippen molar-refractivity contribution in [3.63, 3.8) is 0 Å². The highest BCUT2D eigenvalue weighted by atomic mass is 19.3. The summed E-state index contributed by atoms with van der Waals surface area (Å²) in [5, 5.41) is 9.25. The lowest BCUT2D eigenvalue weighted by Gasteiger charge is -2.22. The summed E-state index contributed by atoms with van der Waals surface area (Å²) in [5.41, 5.74) is -0.381. The Morgan fingerprint density at radius 1 is 1.27 bits per heavy atom. The SMILES string of the molecule is CC(OC(=O)C1(C#N)CCCC1)c1ccc(OC(F)F)cc1. The van der Waals surface area contributed by atoms with Crippen LogP contribution in [0.5, 0.6) is 5.75 Å². The fourth-order valence-electron chi connectivity index (χ4n) is 2.60. The molecular weight excluding hydrogens is 292 g/mol. The predicted octanol–water partition coefficient (Wildman–Crippen LogP) is 3.98. The molecule has 0 N–H and O–H groups in total. The van der Waals surface area contributed by atoms with E-state index >= 15 is 0 Å². The van der Waals surface area contributed by atoms with Gasteiger partial charge in [-0.05, 0) is 37.5 Å². The molecule has 22 heavy (non-hydrogen) atoms. The van der Waals surface area contributed by atoms with E-state index in [0.717, 1.165) is 12.8 Å². The van der Waals surface area contributed by atoms with E-state index in [-0.39, 0.29) is 5.75 Å². The lowest BCUT2D eigenvalue weighted by Crippen LogP contribution is -2.29. The van der Waals surface area contributed by atoms with Gasteiger partial charge in [-0.2, -0.15) is 14.0 Å². The summed E-state index contributed by atoms with van der Waals surface area (Å²) in [7, 11) is 0. The van der Waals surface area contributed by atoms with Gasteiger partial charge < -0.3 is 9.47 Å². The number of benzene rings is 1. The van der Waals surface area contributed by atoms with Gasteiger partial charge in [-0.1, -0.05) is 25.0 Å². The second-order valence-electron chi connectivity index (χ2n) is 5.40. The van der Waals surface area contributed by atoms with Gasteiger partial charge in [-0.3, -0.25) is 4.79 Å². The van der Waals surface area contributed by atoms with Crippen molar-refractivity contribution in [3.8, 4) is 11.8 Å². The highest BCUT2D eigenvalue weighted by molar-refractivity contribution is 5.80. The molecule has 1 aromatic carbocycles. The number of ether oxygens (including phenoxy) is 2. The molecule has 1 aliphatic rings. The van der Waals surface area contributed by atoms with Gasteiger partial charge in [0.25, 0.3) is 0 Å². The summed E-state index contributed by atoms with van der Waals surface area (Å²) in [6.45, 7) is -1.19. The molecule has 1 aromatic rings. The highest BCUT2D eigenvalue weighted by Gasteiger charge is 2.43. The first-order valence-corrected chi connectivity index (χ1v) is 7.14. The number of hydrogen-bond donors (Lipinski definition) is 0. The van der Waals surface area contributed by atoms with Crippen LogP contribution in [-0.2, 0) is 9.53 Å². The molecule has 4 nitrogen and oxygen atoms in total. The number of nitrogens with zero attached hydrogens (tertiary/aromatic N) is 1. The van der Waals surface area contributed by atoms with Gasteiger partial charge in [0, 0.05) is 0 Å². The molecule has 2 rings (SSSR count). The van der Waals surface area contributed by atoms with E-state index in [4.69, 9.17) is 4.74 Å². The monoisotopic (exact) mass is 309 g/mol. The molecule has 1 saturated carbocycles. The number of carbonyl (C=O) groups excluding carboxylic acids is 1. The average molecular weight is 309 g/mol. The molecule has 1 fully saturated rings. The van der Waals surface area contributed by atoms with Crippen LogP contribution >= 0.6 is 0 Å². The highest BCUT2D eigenvalue weighted by Crippen LogP contribution is 2.39. The number of alkyl halides is 2. The number of nitriles is 1. The molecule has 0 aliphatic heterocycles. The van der Waals surface area contributed by atoms with Crippen LogP contribution in [0.4, 0.5) is 8.78 Å². The van der Waals surface area contributed by atoms with E-state index in [2.05, 4.69) is 10.8 Å². The van der Waals surface area contributed by atoms with Crippen molar-refractivity contribution in [2.24, 2.45) is 5.41 Å². The molecule has 0 amide bonds. The topological polar surface area (TPSA) is 59.3 Å². The number of halogens is 2. The normalized spacial score (nSPS) is 17.8. The maximum Gasteiger partial charge on any atom is 0.387 e. The van der Waals surface area contributed by atoms with Crippen LogP contribution in [0, 0.1) is 16.7 Å². The zero-order chi connectivity index (χ0) is 16.2. The Labute approximate surface area is 127 Å². The minimum Gasteiger partial charge on any atom is -0.457 e. The molecular formula is C16H17F2NO3. The number of carbonyl (C=O) groups is 1. The summed E-state index contributed by atoms with van der Waals surface area (Å²) in [6.07, 6.45) is 2.18. The molecule has 1 atom stereocenters. The summed E-state index contributed by atoms with van der Waals surface area (Å²) in [5.74, 6) is -0.463. The molecule has 1 aliphatic carbocycles. The third-order valence-electron chi connectivity index (χ3n) is 3.92. The van der Waals surface area contributed by atoms with Crippen LogP contribution in [0.15, 0.2) is 24.3 Å². The van der Waals surface area contributed by atoms with E-state index in [1.54, 1.807) is 19.1 Å². The van der Waals surface area contributed by atoms with Crippen LogP contribution in [0.3, 0.4) is 0 Å². The maximum absolute atomic E-state index is 12.2. The van der Waals surface area contributed by atoms with Crippen molar-refractivity contribution in [1.82, 2.24) is 0 Å². The Morgan fingerprint density at radius 3 is 2.36 bits per heavy atom. The van der Waals surface area contributed by atoms with Crippen LogP contribution < -0.4 is 4.74 Å². The summed E-state index contributed by atoms with van der Waals surface area (Å²) in [6, 6.07) is 7.99. The van der Waals surface area contributed by atoms with E-state index in [1.807, 2.05) is 0 Å². The van der Waals surface area contributed by atoms with Crippen LogP contribution in [-0.4, -0.2) is 12.6 Å². The molecule has 1 unspecified atom stereocenters. The Hall–Kier alpha value is -2.16. The number of esters is 1. The Balaban J connectivity index is 2.01. The van der Waals surface area contributed by atoms with Gasteiger partial charge in [0.15, 0.2) is 5.41 Å². The Bertz CT molecular complexity index is 560. The predicted molar refractivity (Wildman–Crippen MR) is 74.1 cm³/mol. The summed E-state index contributed by atoms with van der Waals surface area (Å²) >= 11 is 0. The average Bonchev–Trinajstić information content (AvgIpc) is 2.97. The molecule has 0 radical (unpaired) electrons. The minimum atomic E-state index is -2.88. The fourth-order valence-corrected chi connectivity index (χ4v) is 2.60. The van der Waals surface area contributed by atoms with Gasteiger partial charge in [0.05, 0.1) is 6.07 Å². The van der Waals surface area contributed by atoms with Crippen molar-refractivity contribution < 1.29 is 23.0 Å². The van der Waals surface area contributed by atoms with Gasteiger partial charge in [0.2, 0.25) is 0 Å². The number of hydrogen-bond acceptors (Lipinski definition) is 4. The third-order valence-corrected chi connectivity index (χ3v) is 3.92. The quantitative estimate of drug-likeness (QED) is 0.772. The first kappa shape index (κ1) is 16.2. The van der Waals surface area contributed by atoms with Crippen molar-refractivity contribution in [3.05, 3.63) is 29.8 Å². The summed E-state index contributed by atoms with van der Waals surface area (Å²) < 4.78 is 33.8. The molecule has 0 saturated heterocycles. The maximum atomic E-state index is 12.2. The molecule has 6 heteroatoms. The van der Waals surface area contributed by atoms with Gasteiger partial charge in [-0.15, -0.1) is 0 Å². The zero-order valence-electron chi connectivity index (χ0n) is 12.2. The smallest absolute Gasteiger partial charge is 0.387 e. The largest absolute Gasteiger partial charge is 0.457 e. The standard InChI is InChI=1S/C16H17F2NO3/c1-11(12-4-6-13(7-5-12)22-15(17)18)21-14(20)16(10-19)8-2-3-9-16/h4-7,11,15H,2-3,8-9H2,1H3. The molecule has 118 valence electrons. The molecule has 0 aromatic heterocycles. The second kappa shape index (κ2) is 6.73. The van der Waals surface area contributed by atoms with Crippen molar-refractivity contribution >= 4 is 5.97 Å². The van der Waals surface area contributed by atoms with E-state index in [9.17, 15) is 18.8 Å². The van der Waals surface area contributed by atoms with E-state index < -0.39 is 24.1 Å². The second-order valence-corrected chi connectivity index (χ2v) is 5.40. The van der Waals surface area contributed by atoms with Gasteiger partial charge in [-0.25, -0.2) is 0 Å². The van der Waals surface area contributed by atoms with Crippen molar-refractivity contribution in [1.29, 1.82) is 5.26 Å². The molecule has 0 heterocycles. The van der Waals surface area contributed by atoms with Crippen molar-refractivity contribution in [2.45, 2.75) is 45.3 Å². The zero-order valence-corrected chi connectivity index (χ0v) is 12.2. The lowest BCUT2D eigenvalue weighted by molar-refractivity contribution is -0.157. The first-order valence-electron chi connectivity index (χ1n) is 7.14. The minimum absolute atomic E-state index is 0.0431. The first-order chi connectivity index (χ1) is 10.5. The van der Waals surface area contributed by atoms with Crippen LogP contribution in [0.2, 0.25) is 0 Å². The van der Waals surface area contributed by atoms with Gasteiger partial charge in [0.1, 0.15) is 11.9 Å². The molecule has 0 bridgehead atoms. The van der Waals surface area contributed by atoms with Crippen LogP contribution in [0.1, 0.15) is 44.3 Å². The third kappa shape index (κ3) is 3.53. The Kier molecular flexibility index (Phi) is 4.96. The molecule has 0 spiro atoms.